The summed E-state index contributed by atoms with van der Waals surface area (Å²) in [5.41, 5.74) is 0. The van der Waals surface area contributed by atoms with Crippen LogP contribution >= 0.6 is 15.6 Å². The number of phosphoric ester groups is 2. The van der Waals surface area contributed by atoms with E-state index in [9.17, 15) is 43.2 Å². The van der Waals surface area contributed by atoms with E-state index in [0.29, 0.717) is 31.6 Å². The molecule has 0 bridgehead atoms. The number of allylic oxidation sites excluding steroid dienone is 4. The molecule has 6 atom stereocenters. The Morgan fingerprint density at radius 1 is 0.337 bits per heavy atom. The Balaban J connectivity index is 5.21. The third-order valence-electron chi connectivity index (χ3n) is 18.1. The minimum absolute atomic E-state index is 0.0840. The van der Waals surface area contributed by atoms with E-state index in [0.717, 1.165) is 121 Å². The fourth-order valence-corrected chi connectivity index (χ4v) is 13.1. The molecule has 0 aliphatic heterocycles. The van der Waals surface area contributed by atoms with E-state index >= 15 is 0 Å². The molecule has 0 saturated heterocycles. The number of unbranched alkanes of at least 4 members (excludes halogenated alkanes) is 39. The van der Waals surface area contributed by atoms with Crippen molar-refractivity contribution in [2.75, 3.05) is 39.6 Å². The van der Waals surface area contributed by atoms with Crippen LogP contribution < -0.4 is 0 Å². The largest absolute Gasteiger partial charge is 0.472 e. The van der Waals surface area contributed by atoms with Gasteiger partial charge in [-0.05, 0) is 69.1 Å². The van der Waals surface area contributed by atoms with Crippen molar-refractivity contribution in [3.8, 4) is 0 Å². The third kappa shape index (κ3) is 70.6. The molecule has 0 heterocycles. The van der Waals surface area contributed by atoms with Gasteiger partial charge in [-0.3, -0.25) is 37.3 Å². The van der Waals surface area contributed by atoms with Crippen molar-refractivity contribution in [3.05, 3.63) is 24.3 Å². The van der Waals surface area contributed by atoms with Crippen LogP contribution in [-0.4, -0.2) is 96.7 Å². The zero-order valence-corrected chi connectivity index (χ0v) is 65.5. The van der Waals surface area contributed by atoms with Gasteiger partial charge in [0, 0.05) is 25.7 Å². The maximum absolute atomic E-state index is 13.1. The van der Waals surface area contributed by atoms with Gasteiger partial charge in [0.25, 0.3) is 0 Å². The van der Waals surface area contributed by atoms with Crippen LogP contribution in [0.2, 0.25) is 0 Å². The van der Waals surface area contributed by atoms with Crippen molar-refractivity contribution in [3.63, 3.8) is 0 Å². The summed E-state index contributed by atoms with van der Waals surface area (Å²) in [6.07, 6.45) is 59.2. The summed E-state index contributed by atoms with van der Waals surface area (Å²) in [7, 11) is -9.93. The molecule has 0 aliphatic rings. The summed E-state index contributed by atoms with van der Waals surface area (Å²) in [6.45, 7) is 11.8. The molecule has 19 heteroatoms. The highest BCUT2D eigenvalue weighted by atomic mass is 31.2. The molecule has 578 valence electrons. The average molecular weight is 1430 g/mol. The Hall–Kier alpha value is -2.46. The third-order valence-corrected chi connectivity index (χ3v) is 20.0. The molecular weight excluding hydrogens is 1280 g/mol. The Bertz CT molecular complexity index is 2000. The van der Waals surface area contributed by atoms with Crippen molar-refractivity contribution >= 4 is 39.5 Å². The predicted molar refractivity (Wildman–Crippen MR) is 400 cm³/mol. The fourth-order valence-electron chi connectivity index (χ4n) is 11.6. The number of carbonyl (C=O) groups is 4. The van der Waals surface area contributed by atoms with Gasteiger partial charge in [0.05, 0.1) is 26.4 Å². The van der Waals surface area contributed by atoms with Crippen molar-refractivity contribution in [1.82, 2.24) is 0 Å². The van der Waals surface area contributed by atoms with E-state index < -0.39 is 97.5 Å². The van der Waals surface area contributed by atoms with E-state index in [1.807, 2.05) is 0 Å². The summed E-state index contributed by atoms with van der Waals surface area (Å²) in [5, 5.41) is 10.6. The number of carbonyl (C=O) groups excluding carboxylic acids is 4. The first-order valence-corrected chi connectivity index (χ1v) is 43.2. The molecular formula is C79H150O17P2. The van der Waals surface area contributed by atoms with Crippen LogP contribution in [-0.2, 0) is 65.4 Å². The zero-order chi connectivity index (χ0) is 72.3. The Kier molecular flexibility index (Phi) is 67.2. The second-order valence-electron chi connectivity index (χ2n) is 29.0. The molecule has 4 unspecified atom stereocenters. The first kappa shape index (κ1) is 95.5. The molecule has 17 nitrogen and oxygen atoms in total. The van der Waals surface area contributed by atoms with Crippen molar-refractivity contribution in [1.29, 1.82) is 0 Å². The van der Waals surface area contributed by atoms with Gasteiger partial charge in [0.1, 0.15) is 19.3 Å². The second-order valence-corrected chi connectivity index (χ2v) is 31.9. The normalized spacial score (nSPS) is 14.4. The van der Waals surface area contributed by atoms with Crippen molar-refractivity contribution in [2.45, 2.75) is 401 Å². The lowest BCUT2D eigenvalue weighted by atomic mass is 9.99. The lowest BCUT2D eigenvalue weighted by Crippen LogP contribution is -2.30. The number of ether oxygens (including phenoxy) is 4. The minimum atomic E-state index is -4.96. The number of esters is 4. The number of hydrogen-bond donors (Lipinski definition) is 3. The number of aliphatic hydroxyl groups excluding tert-OH is 1. The minimum Gasteiger partial charge on any atom is -0.462 e. The molecule has 0 amide bonds. The molecule has 0 radical (unpaired) electrons. The topological polar surface area (TPSA) is 237 Å². The van der Waals surface area contributed by atoms with Crippen LogP contribution in [0.25, 0.3) is 0 Å². The predicted octanol–water partition coefficient (Wildman–Crippen LogP) is 22.9. The Morgan fingerprint density at radius 2 is 0.602 bits per heavy atom. The number of phosphoric acid groups is 2. The molecule has 0 rings (SSSR count). The average Bonchev–Trinajstić information content (AvgIpc) is 1.02. The van der Waals surface area contributed by atoms with Gasteiger partial charge in [0.15, 0.2) is 12.2 Å². The zero-order valence-electron chi connectivity index (χ0n) is 63.7. The first-order chi connectivity index (χ1) is 47.3. The maximum atomic E-state index is 13.1. The van der Waals surface area contributed by atoms with E-state index in [4.69, 9.17) is 37.0 Å². The molecule has 0 saturated carbocycles. The SMILES string of the molecule is CCCCCC/C=C\C=C/CCCCCCCC(=O)O[C@H](COC(=O)CCCCCCCCCC(C)C)COP(=O)(O)OCC(O)COP(=O)(O)OC[C@@H](COC(=O)CCCCCCCCCCCCCCCCCCCCC(C)C)OC(=O)CCCCCCCCCCC(C)CC. The summed E-state index contributed by atoms with van der Waals surface area (Å²) in [6, 6.07) is 0. The quantitative estimate of drug-likeness (QED) is 0.0169. The summed E-state index contributed by atoms with van der Waals surface area (Å²) in [5.74, 6) is 0.143. The fraction of sp³-hybridized carbons (Fsp3) is 0.899. The van der Waals surface area contributed by atoms with Gasteiger partial charge in [-0.1, -0.05) is 330 Å². The number of rotatable bonds is 75. The molecule has 98 heavy (non-hydrogen) atoms. The standard InChI is InChI=1S/C79H150O17P2/c1-8-10-11-12-13-14-15-16-21-26-29-32-40-48-55-62-78(83)95-75(67-90-77(82)61-54-47-42-35-37-44-51-58-71(5)6)69-94-98(87,88)92-65-73(80)64-91-97(85,86)93-68-74(96-79(84)63-56-49-41-34-33-38-45-52-59-72(7)9-2)66-89-76(81)60-53-46-39-31-28-25-23-20-18-17-19-22-24-27-30-36-43-50-57-70(3)4/h14-16,21,70-75,80H,8-13,17-20,22-69H2,1-7H3,(H,85,86)(H,87,88)/b15-14-,21-16-/t72?,73?,74-,75-/m1/s1. The highest BCUT2D eigenvalue weighted by Crippen LogP contribution is 2.45. The maximum Gasteiger partial charge on any atom is 0.472 e. The molecule has 0 aromatic rings. The number of hydrogen-bond acceptors (Lipinski definition) is 15. The monoisotopic (exact) mass is 1430 g/mol. The van der Waals surface area contributed by atoms with Crippen LogP contribution in [0.3, 0.4) is 0 Å². The molecule has 0 aromatic heterocycles. The summed E-state index contributed by atoms with van der Waals surface area (Å²) >= 11 is 0. The van der Waals surface area contributed by atoms with Gasteiger partial charge in [-0.25, -0.2) is 9.13 Å². The van der Waals surface area contributed by atoms with Gasteiger partial charge >= 0.3 is 39.5 Å². The van der Waals surface area contributed by atoms with Gasteiger partial charge in [-0.15, -0.1) is 0 Å². The lowest BCUT2D eigenvalue weighted by molar-refractivity contribution is -0.161. The highest BCUT2D eigenvalue weighted by molar-refractivity contribution is 7.47. The second kappa shape index (κ2) is 68.9. The van der Waals surface area contributed by atoms with Crippen LogP contribution in [0.5, 0.6) is 0 Å². The Labute approximate surface area is 599 Å². The summed E-state index contributed by atoms with van der Waals surface area (Å²) in [4.78, 5) is 72.8. The van der Waals surface area contributed by atoms with Crippen LogP contribution in [0, 0.1) is 17.8 Å². The molecule has 3 N–H and O–H groups in total. The summed E-state index contributed by atoms with van der Waals surface area (Å²) < 4.78 is 68.5. The van der Waals surface area contributed by atoms with Crippen molar-refractivity contribution in [2.24, 2.45) is 17.8 Å². The van der Waals surface area contributed by atoms with Crippen LogP contribution in [0.4, 0.5) is 0 Å². The van der Waals surface area contributed by atoms with Crippen LogP contribution in [0.1, 0.15) is 382 Å². The highest BCUT2D eigenvalue weighted by Gasteiger charge is 2.30. The molecule has 0 aromatic carbocycles. The van der Waals surface area contributed by atoms with E-state index in [-0.39, 0.29) is 25.7 Å². The molecule has 0 aliphatic carbocycles. The van der Waals surface area contributed by atoms with Gasteiger partial charge < -0.3 is 33.8 Å². The van der Waals surface area contributed by atoms with Crippen LogP contribution in [0.15, 0.2) is 24.3 Å². The smallest absolute Gasteiger partial charge is 0.462 e. The van der Waals surface area contributed by atoms with Gasteiger partial charge in [0.2, 0.25) is 0 Å². The molecule has 0 fully saturated rings. The van der Waals surface area contributed by atoms with E-state index in [2.05, 4.69) is 72.8 Å². The van der Waals surface area contributed by atoms with E-state index in [1.54, 1.807) is 0 Å². The molecule has 0 spiro atoms. The first-order valence-electron chi connectivity index (χ1n) is 40.2. The van der Waals surface area contributed by atoms with E-state index in [1.165, 1.54) is 173 Å². The van der Waals surface area contributed by atoms with Gasteiger partial charge in [-0.2, -0.15) is 0 Å². The lowest BCUT2D eigenvalue weighted by Gasteiger charge is -2.21. The van der Waals surface area contributed by atoms with Crippen molar-refractivity contribution < 1.29 is 80.2 Å². The Morgan fingerprint density at radius 3 is 0.908 bits per heavy atom. The number of aliphatic hydroxyl groups is 1.